The molecule has 1 aromatic heterocycles. The third kappa shape index (κ3) is 4.92. The number of carbonyl (C=O) groups excluding carboxylic acids is 1. The third-order valence-corrected chi connectivity index (χ3v) is 7.04. The first-order chi connectivity index (χ1) is 15.8. The highest BCUT2D eigenvalue weighted by atomic mass is 16.6. The van der Waals surface area contributed by atoms with Gasteiger partial charge in [-0.15, -0.1) is 0 Å². The van der Waals surface area contributed by atoms with Gasteiger partial charge < -0.3 is 19.7 Å². The molecular formula is C26H34N4O3. The second kappa shape index (κ2) is 8.50. The van der Waals surface area contributed by atoms with E-state index in [2.05, 4.69) is 44.5 Å². The molecule has 1 amide bonds. The van der Waals surface area contributed by atoms with Crippen LogP contribution in [-0.4, -0.2) is 41.4 Å². The van der Waals surface area contributed by atoms with Crippen molar-refractivity contribution in [1.29, 1.82) is 0 Å². The van der Waals surface area contributed by atoms with E-state index in [9.17, 15) is 4.79 Å². The normalized spacial score (nSPS) is 21.5. The van der Waals surface area contributed by atoms with Gasteiger partial charge in [-0.3, -0.25) is 0 Å². The van der Waals surface area contributed by atoms with Gasteiger partial charge in [-0.25, -0.2) is 14.8 Å². The Kier molecular flexibility index (Phi) is 5.67. The van der Waals surface area contributed by atoms with E-state index in [1.807, 2.05) is 27.0 Å². The highest BCUT2D eigenvalue weighted by molar-refractivity contribution is 5.69. The van der Waals surface area contributed by atoms with Crippen LogP contribution < -0.4 is 15.0 Å². The fourth-order valence-corrected chi connectivity index (χ4v) is 5.13. The first-order valence-corrected chi connectivity index (χ1v) is 12.1. The zero-order valence-electron chi connectivity index (χ0n) is 19.8. The summed E-state index contributed by atoms with van der Waals surface area (Å²) in [5.74, 6) is 2.19. The predicted octanol–water partition coefficient (Wildman–Crippen LogP) is 4.67. The molecule has 1 atom stereocenters. The average molecular weight is 451 g/mol. The van der Waals surface area contributed by atoms with Crippen LogP contribution in [0.2, 0.25) is 0 Å². The number of amides is 1. The Morgan fingerprint density at radius 3 is 2.58 bits per heavy atom. The largest absolute Gasteiger partial charge is 0.476 e. The summed E-state index contributed by atoms with van der Waals surface area (Å²) >= 11 is 0. The van der Waals surface area contributed by atoms with E-state index in [1.54, 1.807) is 6.20 Å². The fourth-order valence-electron chi connectivity index (χ4n) is 5.13. The summed E-state index contributed by atoms with van der Waals surface area (Å²) in [6, 6.07) is 8.42. The van der Waals surface area contributed by atoms with Crippen LogP contribution in [0.3, 0.4) is 0 Å². The van der Waals surface area contributed by atoms with Crippen molar-refractivity contribution >= 4 is 11.9 Å². The Morgan fingerprint density at radius 2 is 1.91 bits per heavy atom. The van der Waals surface area contributed by atoms with Crippen LogP contribution in [0.4, 0.5) is 10.6 Å². The molecule has 1 saturated heterocycles. The van der Waals surface area contributed by atoms with Gasteiger partial charge in [0.25, 0.3) is 0 Å². The molecule has 5 rings (SSSR count). The summed E-state index contributed by atoms with van der Waals surface area (Å²) in [4.78, 5) is 24.1. The molecule has 2 fully saturated rings. The summed E-state index contributed by atoms with van der Waals surface area (Å²) in [7, 11) is 0. The number of nitrogens with one attached hydrogen (secondary N) is 1. The van der Waals surface area contributed by atoms with E-state index in [1.165, 1.54) is 24.0 Å². The molecule has 176 valence electrons. The van der Waals surface area contributed by atoms with Crippen LogP contribution in [0, 0.1) is 11.3 Å². The standard InChI is InChI=1S/C26H34N4O3/c1-25(2,3)33-24(31)29-23-20-7-5-4-6-19(20)14-26(23)10-12-30(13-11-26)21-15-28-22(16-27-21)32-17-18-8-9-18/h4-7,15-16,18,23H,8-14,17H2,1-3H3,(H,29,31)/t23-/m1/s1. The molecule has 3 aliphatic rings. The Balaban J connectivity index is 1.27. The molecule has 0 radical (unpaired) electrons. The summed E-state index contributed by atoms with van der Waals surface area (Å²) < 4.78 is 11.3. The van der Waals surface area contributed by atoms with Gasteiger partial charge in [0, 0.05) is 18.5 Å². The number of nitrogens with zero attached hydrogens (tertiary/aromatic N) is 3. The fraction of sp³-hybridized carbons (Fsp3) is 0.577. The minimum absolute atomic E-state index is 0.0160. The number of alkyl carbamates (subject to hydrolysis) is 1. The lowest BCUT2D eigenvalue weighted by Gasteiger charge is -2.43. The van der Waals surface area contributed by atoms with Gasteiger partial charge in [0.05, 0.1) is 25.0 Å². The number of aromatic nitrogens is 2. The number of fused-ring (bicyclic) bond motifs is 1. The van der Waals surface area contributed by atoms with Gasteiger partial charge in [0.2, 0.25) is 5.88 Å². The number of benzene rings is 1. The van der Waals surface area contributed by atoms with Crippen molar-refractivity contribution in [2.45, 2.75) is 64.5 Å². The lowest BCUT2D eigenvalue weighted by molar-refractivity contribution is 0.0428. The third-order valence-electron chi connectivity index (χ3n) is 7.04. The zero-order valence-corrected chi connectivity index (χ0v) is 19.8. The topological polar surface area (TPSA) is 76.6 Å². The minimum atomic E-state index is -0.522. The van der Waals surface area contributed by atoms with Crippen LogP contribution in [0.25, 0.3) is 0 Å². The second-order valence-electron chi connectivity index (χ2n) is 10.8. The summed E-state index contributed by atoms with van der Waals surface area (Å²) in [5.41, 5.74) is 2.00. The first kappa shape index (κ1) is 22.0. The molecule has 0 bridgehead atoms. The molecule has 1 N–H and O–H groups in total. The summed E-state index contributed by atoms with van der Waals surface area (Å²) in [5, 5.41) is 3.22. The van der Waals surface area contributed by atoms with Crippen LogP contribution in [0.5, 0.6) is 5.88 Å². The Bertz CT molecular complexity index is 989. The van der Waals surface area contributed by atoms with Crippen molar-refractivity contribution in [3.63, 3.8) is 0 Å². The zero-order chi connectivity index (χ0) is 23.1. The average Bonchev–Trinajstić information content (AvgIpc) is 3.56. The second-order valence-corrected chi connectivity index (χ2v) is 10.8. The van der Waals surface area contributed by atoms with Gasteiger partial charge in [-0.1, -0.05) is 24.3 Å². The Hall–Kier alpha value is -2.83. The maximum atomic E-state index is 12.7. The van der Waals surface area contributed by atoms with Crippen molar-refractivity contribution < 1.29 is 14.3 Å². The van der Waals surface area contributed by atoms with Gasteiger partial charge in [-0.2, -0.15) is 0 Å². The monoisotopic (exact) mass is 450 g/mol. The molecule has 1 spiro atoms. The molecule has 7 nitrogen and oxygen atoms in total. The van der Waals surface area contributed by atoms with Crippen molar-refractivity contribution in [2.24, 2.45) is 11.3 Å². The van der Waals surface area contributed by atoms with Crippen LogP contribution >= 0.6 is 0 Å². The maximum absolute atomic E-state index is 12.7. The summed E-state index contributed by atoms with van der Waals surface area (Å²) in [6.45, 7) is 8.17. The van der Waals surface area contributed by atoms with E-state index in [0.29, 0.717) is 11.8 Å². The molecule has 7 heteroatoms. The molecule has 33 heavy (non-hydrogen) atoms. The van der Waals surface area contributed by atoms with E-state index in [-0.39, 0.29) is 17.6 Å². The number of ether oxygens (including phenoxy) is 2. The number of carbonyl (C=O) groups is 1. The highest BCUT2D eigenvalue weighted by Crippen LogP contribution is 2.52. The highest BCUT2D eigenvalue weighted by Gasteiger charge is 2.48. The van der Waals surface area contributed by atoms with E-state index < -0.39 is 5.60 Å². The number of anilines is 1. The lowest BCUT2D eigenvalue weighted by Crippen LogP contribution is -2.47. The molecular weight excluding hydrogens is 416 g/mol. The van der Waals surface area contributed by atoms with Crippen LogP contribution in [0.15, 0.2) is 36.7 Å². The Labute approximate surface area is 195 Å². The number of hydrogen-bond acceptors (Lipinski definition) is 6. The van der Waals surface area contributed by atoms with E-state index in [4.69, 9.17) is 9.47 Å². The maximum Gasteiger partial charge on any atom is 0.408 e. The minimum Gasteiger partial charge on any atom is -0.476 e. The predicted molar refractivity (Wildman–Crippen MR) is 126 cm³/mol. The Morgan fingerprint density at radius 1 is 1.15 bits per heavy atom. The molecule has 2 aliphatic carbocycles. The quantitative estimate of drug-likeness (QED) is 0.713. The van der Waals surface area contributed by atoms with Crippen molar-refractivity contribution in [3.8, 4) is 5.88 Å². The van der Waals surface area contributed by atoms with Crippen molar-refractivity contribution in [2.75, 3.05) is 24.6 Å². The lowest BCUT2D eigenvalue weighted by atomic mass is 9.72. The first-order valence-electron chi connectivity index (χ1n) is 12.1. The van der Waals surface area contributed by atoms with Gasteiger partial charge >= 0.3 is 6.09 Å². The van der Waals surface area contributed by atoms with Crippen LogP contribution in [0.1, 0.15) is 63.6 Å². The molecule has 0 unspecified atom stereocenters. The number of piperidine rings is 1. The summed E-state index contributed by atoms with van der Waals surface area (Å²) in [6.07, 6.45) is 8.62. The number of rotatable bonds is 5. The molecule has 1 aliphatic heterocycles. The SMILES string of the molecule is CC(C)(C)OC(=O)N[C@@H]1c2ccccc2CC12CCN(c1cnc(OCC3CC3)cn1)CC2. The molecule has 2 aromatic rings. The molecule has 1 aromatic carbocycles. The van der Waals surface area contributed by atoms with Gasteiger partial charge in [0.1, 0.15) is 11.4 Å². The van der Waals surface area contributed by atoms with E-state index >= 15 is 0 Å². The van der Waals surface area contributed by atoms with Crippen molar-refractivity contribution in [1.82, 2.24) is 15.3 Å². The van der Waals surface area contributed by atoms with Gasteiger partial charge in [-0.05, 0) is 69.9 Å². The van der Waals surface area contributed by atoms with Crippen molar-refractivity contribution in [3.05, 3.63) is 47.8 Å². The number of hydrogen-bond donors (Lipinski definition) is 1. The van der Waals surface area contributed by atoms with Crippen LogP contribution in [-0.2, 0) is 11.2 Å². The molecule has 2 heterocycles. The van der Waals surface area contributed by atoms with E-state index in [0.717, 1.165) is 44.8 Å². The molecule has 1 saturated carbocycles. The van der Waals surface area contributed by atoms with Gasteiger partial charge in [0.15, 0.2) is 0 Å². The smallest absolute Gasteiger partial charge is 0.408 e.